The number of unbranched alkanes of at least 4 members (excludes halogenated alkanes) is 18. The van der Waals surface area contributed by atoms with Crippen molar-refractivity contribution in [3.63, 3.8) is 0 Å². The Morgan fingerprint density at radius 3 is 1.18 bits per heavy atom. The van der Waals surface area contributed by atoms with E-state index >= 15 is 0 Å². The van der Waals surface area contributed by atoms with Crippen LogP contribution in [0.3, 0.4) is 0 Å². The zero-order valence-electron chi connectivity index (χ0n) is 27.7. The van der Waals surface area contributed by atoms with Crippen LogP contribution in [0.15, 0.2) is 24.3 Å². The summed E-state index contributed by atoms with van der Waals surface area (Å²) in [6, 6.07) is 9.04. The van der Waals surface area contributed by atoms with Crippen molar-refractivity contribution >= 4 is 18.3 Å². The summed E-state index contributed by atoms with van der Waals surface area (Å²) in [5.41, 5.74) is 1.88. The molecule has 0 radical (unpaired) electrons. The van der Waals surface area contributed by atoms with Crippen molar-refractivity contribution < 1.29 is 9.31 Å². The molecule has 0 spiro atoms. The number of hydrogen-bond donors (Lipinski definition) is 0. The Bertz CT molecular complexity index is 708. The second-order valence-corrected chi connectivity index (χ2v) is 13.5. The molecule has 3 nitrogen and oxygen atoms in total. The van der Waals surface area contributed by atoms with Crippen LogP contribution >= 0.6 is 0 Å². The number of benzene rings is 1. The van der Waals surface area contributed by atoms with Crippen LogP contribution in [-0.4, -0.2) is 31.4 Å². The molecule has 0 aliphatic carbocycles. The molecule has 0 unspecified atom stereocenters. The molecule has 4 heteroatoms. The van der Waals surface area contributed by atoms with Crippen LogP contribution in [0, 0.1) is 0 Å². The second kappa shape index (κ2) is 20.0. The first-order chi connectivity index (χ1) is 19.3. The van der Waals surface area contributed by atoms with Gasteiger partial charge in [0.1, 0.15) is 0 Å². The fraction of sp³-hybridized carbons (Fsp3) is 0.833. The Morgan fingerprint density at radius 1 is 0.500 bits per heavy atom. The Hall–Kier alpha value is -0.995. The predicted molar refractivity (Wildman–Crippen MR) is 178 cm³/mol. The van der Waals surface area contributed by atoms with E-state index in [2.05, 4.69) is 70.7 Å². The van der Waals surface area contributed by atoms with Crippen molar-refractivity contribution in [3.05, 3.63) is 24.3 Å². The second-order valence-electron chi connectivity index (χ2n) is 13.5. The summed E-state index contributed by atoms with van der Waals surface area (Å²) >= 11 is 0. The SMILES string of the molecule is CCCCCCCCCCCCN(CCCCCCCCCCCC)c1ccc(B2OC(C)(C)C(C)(C)O2)cc1. The molecule has 1 saturated heterocycles. The van der Waals surface area contributed by atoms with E-state index in [-0.39, 0.29) is 18.3 Å². The molecule has 0 saturated carbocycles. The quantitative estimate of drug-likeness (QED) is 0.0935. The number of nitrogens with zero attached hydrogens (tertiary/aromatic N) is 1. The molecule has 0 bridgehead atoms. The first-order valence-electron chi connectivity index (χ1n) is 17.5. The highest BCUT2D eigenvalue weighted by Gasteiger charge is 2.51. The monoisotopic (exact) mass is 556 g/mol. The van der Waals surface area contributed by atoms with Gasteiger partial charge in [-0.2, -0.15) is 0 Å². The van der Waals surface area contributed by atoms with Crippen molar-refractivity contribution in [2.75, 3.05) is 18.0 Å². The molecular weight excluding hydrogens is 489 g/mol. The molecule has 2 rings (SSSR count). The minimum Gasteiger partial charge on any atom is -0.399 e. The van der Waals surface area contributed by atoms with Crippen LogP contribution in [-0.2, 0) is 9.31 Å². The van der Waals surface area contributed by atoms with Gasteiger partial charge in [0.25, 0.3) is 0 Å². The molecule has 1 aliphatic heterocycles. The first-order valence-corrected chi connectivity index (χ1v) is 17.5. The highest BCUT2D eigenvalue weighted by atomic mass is 16.7. The minimum atomic E-state index is -0.298. The van der Waals surface area contributed by atoms with Crippen LogP contribution < -0.4 is 10.4 Å². The number of anilines is 1. The molecular formula is C36H66BNO2. The zero-order chi connectivity index (χ0) is 29.1. The smallest absolute Gasteiger partial charge is 0.399 e. The molecule has 1 heterocycles. The molecule has 1 aliphatic rings. The summed E-state index contributed by atoms with van der Waals surface area (Å²) in [4.78, 5) is 2.64. The van der Waals surface area contributed by atoms with E-state index in [1.807, 2.05) is 0 Å². The Labute approximate surface area is 250 Å². The van der Waals surface area contributed by atoms with Crippen molar-refractivity contribution in [1.29, 1.82) is 0 Å². The summed E-state index contributed by atoms with van der Waals surface area (Å²) in [6.07, 6.45) is 27.8. The lowest BCUT2D eigenvalue weighted by atomic mass is 9.79. The molecule has 1 aromatic carbocycles. The van der Waals surface area contributed by atoms with Crippen LogP contribution in [0.5, 0.6) is 0 Å². The van der Waals surface area contributed by atoms with E-state index in [9.17, 15) is 0 Å². The largest absolute Gasteiger partial charge is 0.494 e. The van der Waals surface area contributed by atoms with Gasteiger partial charge < -0.3 is 14.2 Å². The van der Waals surface area contributed by atoms with Gasteiger partial charge in [0, 0.05) is 18.8 Å². The maximum absolute atomic E-state index is 6.29. The Morgan fingerprint density at radius 2 is 0.825 bits per heavy atom. The normalized spacial score (nSPS) is 16.1. The van der Waals surface area contributed by atoms with E-state index in [4.69, 9.17) is 9.31 Å². The zero-order valence-corrected chi connectivity index (χ0v) is 27.7. The highest BCUT2D eigenvalue weighted by molar-refractivity contribution is 6.62. The average molecular weight is 556 g/mol. The predicted octanol–water partition coefficient (Wildman–Crippen LogP) is 10.6. The average Bonchev–Trinajstić information content (AvgIpc) is 3.16. The summed E-state index contributed by atoms with van der Waals surface area (Å²) in [5.74, 6) is 0. The van der Waals surface area contributed by atoms with Gasteiger partial charge in [0.2, 0.25) is 0 Å². The molecule has 1 fully saturated rings. The highest BCUT2D eigenvalue weighted by Crippen LogP contribution is 2.36. The third-order valence-electron chi connectivity index (χ3n) is 9.35. The van der Waals surface area contributed by atoms with Gasteiger partial charge in [0.05, 0.1) is 11.2 Å². The molecule has 230 valence electrons. The van der Waals surface area contributed by atoms with Crippen LogP contribution in [0.2, 0.25) is 0 Å². The van der Waals surface area contributed by atoms with Gasteiger partial charge in [-0.25, -0.2) is 0 Å². The van der Waals surface area contributed by atoms with E-state index in [0.717, 1.165) is 5.46 Å². The van der Waals surface area contributed by atoms with Gasteiger partial charge >= 0.3 is 7.12 Å². The fourth-order valence-electron chi connectivity index (χ4n) is 5.77. The van der Waals surface area contributed by atoms with Gasteiger partial charge in [-0.05, 0) is 58.1 Å². The Kier molecular flexibility index (Phi) is 17.6. The van der Waals surface area contributed by atoms with Crippen molar-refractivity contribution in [2.45, 2.75) is 181 Å². The molecule has 0 amide bonds. The van der Waals surface area contributed by atoms with E-state index in [1.54, 1.807) is 0 Å². The molecule has 40 heavy (non-hydrogen) atoms. The van der Waals surface area contributed by atoms with Gasteiger partial charge in [-0.1, -0.05) is 142 Å². The van der Waals surface area contributed by atoms with E-state index in [1.165, 1.54) is 147 Å². The summed E-state index contributed by atoms with van der Waals surface area (Å²) in [7, 11) is -0.281. The molecule has 0 N–H and O–H groups in total. The lowest BCUT2D eigenvalue weighted by Gasteiger charge is -2.32. The lowest BCUT2D eigenvalue weighted by Crippen LogP contribution is -2.41. The summed E-state index contributed by atoms with van der Waals surface area (Å²) in [6.45, 7) is 15.4. The maximum atomic E-state index is 6.29. The maximum Gasteiger partial charge on any atom is 0.494 e. The lowest BCUT2D eigenvalue weighted by molar-refractivity contribution is 0.00578. The number of hydrogen-bond acceptors (Lipinski definition) is 3. The molecule has 1 aromatic rings. The van der Waals surface area contributed by atoms with Crippen LogP contribution in [0.1, 0.15) is 170 Å². The van der Waals surface area contributed by atoms with Crippen LogP contribution in [0.4, 0.5) is 5.69 Å². The standard InChI is InChI=1S/C36H66BNO2/c1-7-9-11-13-15-17-19-21-23-25-31-38(32-26-24-22-20-18-16-14-12-10-8-2)34-29-27-33(28-30-34)37-39-35(3,4)36(5,6)40-37/h27-30H,7-26,31-32H2,1-6H3. The van der Waals surface area contributed by atoms with E-state index < -0.39 is 0 Å². The summed E-state index contributed by atoms with van der Waals surface area (Å²) < 4.78 is 12.6. The van der Waals surface area contributed by atoms with Gasteiger partial charge in [-0.15, -0.1) is 0 Å². The van der Waals surface area contributed by atoms with Crippen molar-refractivity contribution in [3.8, 4) is 0 Å². The van der Waals surface area contributed by atoms with Crippen molar-refractivity contribution in [1.82, 2.24) is 0 Å². The minimum absolute atomic E-state index is 0.281. The third-order valence-corrected chi connectivity index (χ3v) is 9.35. The van der Waals surface area contributed by atoms with E-state index in [0.29, 0.717) is 0 Å². The topological polar surface area (TPSA) is 21.7 Å². The molecule has 0 atom stereocenters. The number of rotatable bonds is 24. The van der Waals surface area contributed by atoms with Crippen molar-refractivity contribution in [2.24, 2.45) is 0 Å². The summed E-state index contributed by atoms with van der Waals surface area (Å²) in [5, 5.41) is 0. The van der Waals surface area contributed by atoms with Crippen LogP contribution in [0.25, 0.3) is 0 Å². The Balaban J connectivity index is 1.78. The molecule has 0 aromatic heterocycles. The third kappa shape index (κ3) is 13.3. The van der Waals surface area contributed by atoms with Gasteiger partial charge in [-0.3, -0.25) is 0 Å². The fourth-order valence-corrected chi connectivity index (χ4v) is 5.77. The van der Waals surface area contributed by atoms with Gasteiger partial charge in [0.15, 0.2) is 0 Å². The first kappa shape index (κ1) is 35.2.